The van der Waals surface area contributed by atoms with Crippen molar-refractivity contribution in [3.63, 3.8) is 0 Å². The molecule has 5 rings (SSSR count). The van der Waals surface area contributed by atoms with Crippen LogP contribution in [0.4, 0.5) is 35.2 Å². The van der Waals surface area contributed by atoms with Crippen molar-refractivity contribution in [3.05, 3.63) is 77.2 Å². The van der Waals surface area contributed by atoms with Gasteiger partial charge in [-0.3, -0.25) is 9.69 Å². The summed E-state index contributed by atoms with van der Waals surface area (Å²) in [4.78, 5) is 40.5. The van der Waals surface area contributed by atoms with Crippen LogP contribution in [-0.2, 0) is 12.6 Å². The lowest BCUT2D eigenvalue weighted by molar-refractivity contribution is -0.137. The summed E-state index contributed by atoms with van der Waals surface area (Å²) in [5.74, 6) is -0.0343. The van der Waals surface area contributed by atoms with Crippen molar-refractivity contribution in [2.24, 2.45) is 0 Å². The fraction of sp³-hybridized carbons (Fsp3) is 0.231. The molecule has 4 aromatic rings. The molecule has 0 aliphatic carbocycles. The third-order valence-corrected chi connectivity index (χ3v) is 6.46. The highest BCUT2D eigenvalue weighted by atomic mass is 19.4. The minimum atomic E-state index is -4.51. The number of anilines is 3. The number of fused-ring (bicyclic) bond motifs is 2. The van der Waals surface area contributed by atoms with Crippen LogP contribution in [0.2, 0.25) is 0 Å². The van der Waals surface area contributed by atoms with Gasteiger partial charge < -0.3 is 15.2 Å². The van der Waals surface area contributed by atoms with Crippen LogP contribution in [0.15, 0.2) is 55.0 Å². The number of urea groups is 1. The molecule has 2 aromatic carbocycles. The molecule has 11 heteroatoms. The highest BCUT2D eigenvalue weighted by Gasteiger charge is 2.33. The Hall–Kier alpha value is -4.41. The molecular formula is C26H23F3N6O2. The van der Waals surface area contributed by atoms with Crippen molar-refractivity contribution in [1.29, 1.82) is 0 Å². The Bertz CT molecular complexity index is 1510. The Morgan fingerprint density at radius 2 is 1.92 bits per heavy atom. The molecule has 3 heterocycles. The number of halogens is 3. The van der Waals surface area contributed by atoms with Crippen molar-refractivity contribution in [3.8, 4) is 0 Å². The van der Waals surface area contributed by atoms with Gasteiger partial charge in [-0.15, -0.1) is 0 Å². The van der Waals surface area contributed by atoms with Gasteiger partial charge in [0, 0.05) is 36.7 Å². The third kappa shape index (κ3) is 4.59. The van der Waals surface area contributed by atoms with Gasteiger partial charge in [0.2, 0.25) is 0 Å². The van der Waals surface area contributed by atoms with Crippen molar-refractivity contribution in [2.75, 3.05) is 28.7 Å². The Balaban J connectivity index is 1.41. The van der Waals surface area contributed by atoms with E-state index < -0.39 is 23.7 Å². The number of aromatic amines is 1. The van der Waals surface area contributed by atoms with E-state index in [9.17, 15) is 22.8 Å². The van der Waals surface area contributed by atoms with Gasteiger partial charge in [-0.25, -0.2) is 14.8 Å². The van der Waals surface area contributed by atoms with E-state index in [4.69, 9.17) is 0 Å². The molecule has 2 aromatic heterocycles. The number of amides is 3. The standard InChI is InChI=1S/C26H23F3N6O2/c1-15-5-6-17(24(36)35-11-3-4-16-7-8-18(13-21(16)35)26(27,28)29)12-20(15)33-25(37)34(2)23-19-9-10-30-22(19)31-14-32-23/h5-10,12-14H,3-4,11H2,1-2H3,(H,33,37)(H,30,31,32). The molecule has 2 N–H and O–H groups in total. The van der Waals surface area contributed by atoms with Crippen LogP contribution >= 0.6 is 0 Å². The average Bonchev–Trinajstić information content (AvgIpc) is 3.37. The maximum Gasteiger partial charge on any atom is 0.416 e. The number of H-pyrrole nitrogens is 1. The quantitative estimate of drug-likeness (QED) is 0.380. The van der Waals surface area contributed by atoms with Gasteiger partial charge in [-0.1, -0.05) is 12.1 Å². The Morgan fingerprint density at radius 3 is 2.70 bits per heavy atom. The summed E-state index contributed by atoms with van der Waals surface area (Å²) in [5, 5.41) is 3.48. The van der Waals surface area contributed by atoms with E-state index in [0.29, 0.717) is 53.1 Å². The molecule has 0 spiro atoms. The number of nitrogens with one attached hydrogen (secondary N) is 2. The number of rotatable bonds is 3. The monoisotopic (exact) mass is 508 g/mol. The number of aromatic nitrogens is 3. The molecular weight excluding hydrogens is 485 g/mol. The number of nitrogens with zero attached hydrogens (tertiary/aromatic N) is 4. The maximum atomic E-state index is 13.4. The van der Waals surface area contributed by atoms with E-state index in [-0.39, 0.29) is 11.3 Å². The highest BCUT2D eigenvalue weighted by Crippen LogP contribution is 2.36. The van der Waals surface area contributed by atoms with E-state index in [1.165, 1.54) is 28.3 Å². The van der Waals surface area contributed by atoms with Gasteiger partial charge in [0.25, 0.3) is 5.91 Å². The molecule has 0 saturated carbocycles. The molecule has 0 unspecified atom stereocenters. The Labute approximate surface area is 210 Å². The molecule has 0 bridgehead atoms. The van der Waals surface area contributed by atoms with Gasteiger partial charge >= 0.3 is 12.2 Å². The van der Waals surface area contributed by atoms with Gasteiger partial charge in [-0.05, 0) is 61.2 Å². The van der Waals surface area contributed by atoms with Crippen LogP contribution in [0.5, 0.6) is 0 Å². The first-order valence-electron chi connectivity index (χ1n) is 11.6. The van der Waals surface area contributed by atoms with Crippen molar-refractivity contribution < 1.29 is 22.8 Å². The molecule has 37 heavy (non-hydrogen) atoms. The van der Waals surface area contributed by atoms with E-state index in [1.54, 1.807) is 38.4 Å². The molecule has 0 fully saturated rings. The number of benzene rings is 2. The summed E-state index contributed by atoms with van der Waals surface area (Å²) in [5.41, 5.74) is 2.11. The molecule has 1 aliphatic rings. The zero-order valence-corrected chi connectivity index (χ0v) is 20.1. The van der Waals surface area contributed by atoms with Crippen LogP contribution in [-0.4, -0.2) is 40.5 Å². The molecule has 3 amide bonds. The van der Waals surface area contributed by atoms with E-state index in [2.05, 4.69) is 20.3 Å². The Kier molecular flexibility index (Phi) is 6.06. The minimum Gasteiger partial charge on any atom is -0.346 e. The van der Waals surface area contributed by atoms with Gasteiger partial charge in [-0.2, -0.15) is 13.2 Å². The topological polar surface area (TPSA) is 94.2 Å². The zero-order valence-electron chi connectivity index (χ0n) is 20.1. The first-order valence-corrected chi connectivity index (χ1v) is 11.6. The second-order valence-corrected chi connectivity index (χ2v) is 8.86. The third-order valence-electron chi connectivity index (χ3n) is 6.46. The summed E-state index contributed by atoms with van der Waals surface area (Å²) in [6.45, 7) is 2.08. The number of hydrogen-bond acceptors (Lipinski definition) is 4. The molecule has 0 radical (unpaired) electrons. The lowest BCUT2D eigenvalue weighted by Crippen LogP contribution is -2.36. The first kappa shape index (κ1) is 24.3. The second kappa shape index (κ2) is 9.23. The normalized spacial score (nSPS) is 13.4. The largest absolute Gasteiger partial charge is 0.416 e. The summed E-state index contributed by atoms with van der Waals surface area (Å²) < 4.78 is 40.0. The predicted molar refractivity (Wildman–Crippen MR) is 134 cm³/mol. The van der Waals surface area contributed by atoms with E-state index in [1.807, 2.05) is 0 Å². The average molecular weight is 509 g/mol. The van der Waals surface area contributed by atoms with E-state index >= 15 is 0 Å². The van der Waals surface area contributed by atoms with Crippen molar-refractivity contribution in [2.45, 2.75) is 25.9 Å². The molecule has 0 saturated heterocycles. The molecule has 0 atom stereocenters. The number of carbonyl (C=O) groups is 2. The van der Waals surface area contributed by atoms with Gasteiger partial charge in [0.1, 0.15) is 17.8 Å². The minimum absolute atomic E-state index is 0.254. The number of carbonyl (C=O) groups excluding carboxylic acids is 2. The van der Waals surface area contributed by atoms with Gasteiger partial charge in [0.05, 0.1) is 10.9 Å². The summed E-state index contributed by atoms with van der Waals surface area (Å²) in [6.07, 6.45) is -0.231. The highest BCUT2D eigenvalue weighted by molar-refractivity contribution is 6.09. The predicted octanol–water partition coefficient (Wildman–Crippen LogP) is 5.55. The SMILES string of the molecule is Cc1ccc(C(=O)N2CCCc3ccc(C(F)(F)F)cc32)cc1NC(=O)N(C)c1ncnc2[nH]ccc12. The molecule has 1 aliphatic heterocycles. The fourth-order valence-corrected chi connectivity index (χ4v) is 4.43. The maximum absolute atomic E-state index is 13.4. The summed E-state index contributed by atoms with van der Waals surface area (Å²) in [6, 6.07) is 9.62. The summed E-state index contributed by atoms with van der Waals surface area (Å²) >= 11 is 0. The molecule has 190 valence electrons. The zero-order chi connectivity index (χ0) is 26.3. The van der Waals surface area contributed by atoms with Crippen LogP contribution < -0.4 is 15.1 Å². The number of hydrogen-bond donors (Lipinski definition) is 2. The van der Waals surface area contributed by atoms with Crippen LogP contribution in [0.25, 0.3) is 11.0 Å². The first-order chi connectivity index (χ1) is 17.6. The fourth-order valence-electron chi connectivity index (χ4n) is 4.43. The van der Waals surface area contributed by atoms with Crippen molar-refractivity contribution >= 4 is 40.2 Å². The lowest BCUT2D eigenvalue weighted by Gasteiger charge is -2.30. The van der Waals surface area contributed by atoms with Crippen LogP contribution in [0.1, 0.15) is 33.5 Å². The van der Waals surface area contributed by atoms with Crippen LogP contribution in [0.3, 0.4) is 0 Å². The molecule has 8 nitrogen and oxygen atoms in total. The smallest absolute Gasteiger partial charge is 0.346 e. The summed E-state index contributed by atoms with van der Waals surface area (Å²) in [7, 11) is 1.57. The Morgan fingerprint density at radius 1 is 1.11 bits per heavy atom. The van der Waals surface area contributed by atoms with E-state index in [0.717, 1.165) is 12.1 Å². The second-order valence-electron chi connectivity index (χ2n) is 8.86. The number of alkyl halides is 3. The van der Waals surface area contributed by atoms with Crippen molar-refractivity contribution in [1.82, 2.24) is 15.0 Å². The van der Waals surface area contributed by atoms with Crippen LogP contribution in [0, 0.1) is 6.92 Å². The van der Waals surface area contributed by atoms with Gasteiger partial charge in [0.15, 0.2) is 0 Å². The lowest BCUT2D eigenvalue weighted by atomic mass is 9.98. The number of aryl methyl sites for hydroxylation is 2.